The van der Waals surface area contributed by atoms with Crippen LogP contribution in [0.1, 0.15) is 44.1 Å². The van der Waals surface area contributed by atoms with Crippen molar-refractivity contribution in [1.29, 1.82) is 0 Å². The van der Waals surface area contributed by atoms with Crippen LogP contribution < -0.4 is 5.32 Å². The van der Waals surface area contributed by atoms with E-state index in [-0.39, 0.29) is 29.3 Å². The predicted molar refractivity (Wildman–Crippen MR) is 90.3 cm³/mol. The lowest BCUT2D eigenvalue weighted by Crippen LogP contribution is -2.59. The number of rotatable bonds is 4. The fraction of sp³-hybridized carbons (Fsp3) is 0.600. The minimum absolute atomic E-state index is 0.0231. The van der Waals surface area contributed by atoms with Crippen LogP contribution in [0.4, 0.5) is 0 Å². The monoisotopic (exact) mass is 327 g/mol. The molecule has 1 amide bonds. The number of carbonyl (C=O) groups is 2. The van der Waals surface area contributed by atoms with Gasteiger partial charge >= 0.3 is 5.97 Å². The maximum atomic E-state index is 13.0. The number of carbonyl (C=O) groups excluding carboxylic acids is 2. The lowest BCUT2D eigenvalue weighted by molar-refractivity contribution is -0.152. The maximum Gasteiger partial charge on any atom is 0.325 e. The summed E-state index contributed by atoms with van der Waals surface area (Å²) in [5.74, 6) is 0.943. The molecular formula is C20H25NO3. The van der Waals surface area contributed by atoms with Gasteiger partial charge in [0, 0.05) is 0 Å². The summed E-state index contributed by atoms with van der Waals surface area (Å²) in [7, 11) is 1.35. The Hall–Kier alpha value is -1.84. The van der Waals surface area contributed by atoms with E-state index in [9.17, 15) is 9.59 Å². The standard InChI is InChI=1S/C20H25NO3/c1-24-17(22)12-21-18(23)20-10-14-7-15(11-20)9-19(8-14,13-20)16-5-3-2-4-6-16/h2-6,14-15H,7-13H2,1H3,(H,21,23)/t14-,15-,19?,20?/m0/s1. The average molecular weight is 327 g/mol. The van der Waals surface area contributed by atoms with Gasteiger partial charge in [-0.1, -0.05) is 30.3 Å². The van der Waals surface area contributed by atoms with Crippen LogP contribution in [0.5, 0.6) is 0 Å². The van der Waals surface area contributed by atoms with E-state index in [4.69, 9.17) is 0 Å². The molecule has 1 aromatic carbocycles. The number of amides is 1. The van der Waals surface area contributed by atoms with E-state index in [0.29, 0.717) is 11.8 Å². The molecule has 24 heavy (non-hydrogen) atoms. The Labute approximate surface area is 143 Å². The highest BCUT2D eigenvalue weighted by atomic mass is 16.5. The fourth-order valence-electron chi connectivity index (χ4n) is 6.07. The number of ether oxygens (including phenoxy) is 1. The Kier molecular flexibility index (Phi) is 3.66. The third-order valence-electron chi connectivity index (χ3n) is 6.55. The Morgan fingerprint density at radius 1 is 1.12 bits per heavy atom. The van der Waals surface area contributed by atoms with E-state index in [1.165, 1.54) is 31.9 Å². The molecule has 128 valence electrons. The van der Waals surface area contributed by atoms with E-state index in [1.54, 1.807) is 0 Å². The minimum atomic E-state index is -0.383. The largest absolute Gasteiger partial charge is 0.468 e. The molecule has 4 bridgehead atoms. The normalized spacial score (nSPS) is 36.4. The molecule has 1 N–H and O–H groups in total. The zero-order chi connectivity index (χ0) is 16.8. The number of benzene rings is 1. The van der Waals surface area contributed by atoms with Gasteiger partial charge in [0.15, 0.2) is 0 Å². The number of hydrogen-bond donors (Lipinski definition) is 1. The van der Waals surface area contributed by atoms with Crippen LogP contribution in [-0.2, 0) is 19.7 Å². The average Bonchev–Trinajstić information content (AvgIpc) is 2.59. The third kappa shape index (κ3) is 2.43. The minimum Gasteiger partial charge on any atom is -0.468 e. The van der Waals surface area contributed by atoms with E-state index < -0.39 is 0 Å². The van der Waals surface area contributed by atoms with Crippen molar-refractivity contribution in [3.05, 3.63) is 35.9 Å². The summed E-state index contributed by atoms with van der Waals surface area (Å²) in [6.45, 7) is -0.0231. The van der Waals surface area contributed by atoms with E-state index in [0.717, 1.165) is 19.3 Å². The van der Waals surface area contributed by atoms with Crippen molar-refractivity contribution in [3.63, 3.8) is 0 Å². The second kappa shape index (κ2) is 5.61. The van der Waals surface area contributed by atoms with Gasteiger partial charge in [-0.3, -0.25) is 9.59 Å². The molecular weight excluding hydrogens is 302 g/mol. The van der Waals surface area contributed by atoms with Crippen LogP contribution in [0.2, 0.25) is 0 Å². The summed E-state index contributed by atoms with van der Waals surface area (Å²) in [5.41, 5.74) is 1.24. The van der Waals surface area contributed by atoms with Crippen molar-refractivity contribution >= 4 is 11.9 Å². The van der Waals surface area contributed by atoms with Crippen molar-refractivity contribution in [2.45, 2.75) is 43.9 Å². The molecule has 0 radical (unpaired) electrons. The summed E-state index contributed by atoms with van der Waals surface area (Å²) >= 11 is 0. The Balaban J connectivity index is 1.61. The summed E-state index contributed by atoms with van der Waals surface area (Å²) < 4.78 is 4.66. The van der Waals surface area contributed by atoms with Gasteiger partial charge < -0.3 is 10.1 Å². The molecule has 0 saturated heterocycles. The molecule has 0 aliphatic heterocycles. The molecule has 0 spiro atoms. The first kappa shape index (κ1) is 15.7. The molecule has 4 fully saturated rings. The van der Waals surface area contributed by atoms with Crippen molar-refractivity contribution in [3.8, 4) is 0 Å². The first-order valence-corrected chi connectivity index (χ1v) is 8.96. The highest BCUT2D eigenvalue weighted by Crippen LogP contribution is 2.65. The molecule has 4 heteroatoms. The second-order valence-corrected chi connectivity index (χ2v) is 8.15. The van der Waals surface area contributed by atoms with E-state index >= 15 is 0 Å². The summed E-state index contributed by atoms with van der Waals surface area (Å²) in [4.78, 5) is 24.4. The van der Waals surface area contributed by atoms with Crippen molar-refractivity contribution in [1.82, 2.24) is 5.32 Å². The van der Waals surface area contributed by atoms with Gasteiger partial charge in [0.1, 0.15) is 6.54 Å². The van der Waals surface area contributed by atoms with Gasteiger partial charge in [-0.2, -0.15) is 0 Å². The van der Waals surface area contributed by atoms with Gasteiger partial charge in [-0.25, -0.2) is 0 Å². The Bertz CT molecular complexity index is 640. The van der Waals surface area contributed by atoms with Crippen molar-refractivity contribution in [2.24, 2.45) is 17.3 Å². The molecule has 2 atom stereocenters. The topological polar surface area (TPSA) is 55.4 Å². The molecule has 0 heterocycles. The van der Waals surface area contributed by atoms with Crippen molar-refractivity contribution < 1.29 is 14.3 Å². The Morgan fingerprint density at radius 3 is 2.42 bits per heavy atom. The maximum absolute atomic E-state index is 13.0. The van der Waals surface area contributed by atoms with E-state index in [1.807, 2.05) is 0 Å². The molecule has 4 aliphatic carbocycles. The molecule has 0 unspecified atom stereocenters. The zero-order valence-corrected chi connectivity index (χ0v) is 14.2. The van der Waals surface area contributed by atoms with Gasteiger partial charge in [-0.15, -0.1) is 0 Å². The van der Waals surface area contributed by atoms with Crippen LogP contribution in [0, 0.1) is 17.3 Å². The third-order valence-corrected chi connectivity index (χ3v) is 6.55. The summed E-state index contributed by atoms with van der Waals surface area (Å²) in [5, 5.41) is 2.85. The van der Waals surface area contributed by atoms with Gasteiger partial charge in [0.05, 0.1) is 12.5 Å². The van der Waals surface area contributed by atoms with Gasteiger partial charge in [0.2, 0.25) is 5.91 Å². The molecule has 1 aromatic rings. The lowest BCUT2D eigenvalue weighted by atomic mass is 9.42. The van der Waals surface area contributed by atoms with Crippen LogP contribution in [0.15, 0.2) is 30.3 Å². The van der Waals surface area contributed by atoms with Crippen LogP contribution in [0.3, 0.4) is 0 Å². The van der Waals surface area contributed by atoms with Gasteiger partial charge in [0.25, 0.3) is 0 Å². The smallest absolute Gasteiger partial charge is 0.325 e. The fourth-order valence-corrected chi connectivity index (χ4v) is 6.07. The molecule has 4 saturated carbocycles. The second-order valence-electron chi connectivity index (χ2n) is 8.15. The van der Waals surface area contributed by atoms with Crippen LogP contribution in [0.25, 0.3) is 0 Å². The molecule has 0 aromatic heterocycles. The number of nitrogens with one attached hydrogen (secondary N) is 1. The molecule has 5 rings (SSSR count). The quantitative estimate of drug-likeness (QED) is 0.865. The molecule has 4 nitrogen and oxygen atoms in total. The number of esters is 1. The summed E-state index contributed by atoms with van der Waals surface area (Å²) in [6.07, 6.45) is 6.56. The first-order chi connectivity index (χ1) is 11.6. The molecule has 4 aliphatic rings. The predicted octanol–water partition coefficient (Wildman–Crippen LogP) is 2.81. The summed E-state index contributed by atoms with van der Waals surface area (Å²) in [6, 6.07) is 10.7. The lowest BCUT2D eigenvalue weighted by Gasteiger charge is -2.61. The highest BCUT2D eigenvalue weighted by molar-refractivity contribution is 5.87. The van der Waals surface area contributed by atoms with Gasteiger partial charge in [-0.05, 0) is 61.3 Å². The highest BCUT2D eigenvalue weighted by Gasteiger charge is 2.60. The first-order valence-electron chi connectivity index (χ1n) is 8.96. The van der Waals surface area contributed by atoms with E-state index in [2.05, 4.69) is 40.4 Å². The SMILES string of the molecule is COC(=O)CNC(=O)C12C[C@H]3C[C@H](C1)CC(c1ccccc1)(C3)C2. The van der Waals surface area contributed by atoms with Crippen LogP contribution >= 0.6 is 0 Å². The van der Waals surface area contributed by atoms with Crippen molar-refractivity contribution in [2.75, 3.05) is 13.7 Å². The Morgan fingerprint density at radius 2 is 1.79 bits per heavy atom. The zero-order valence-electron chi connectivity index (χ0n) is 14.2. The number of methoxy groups -OCH3 is 1. The van der Waals surface area contributed by atoms with Crippen LogP contribution in [-0.4, -0.2) is 25.5 Å². The number of hydrogen-bond acceptors (Lipinski definition) is 3.